The lowest BCUT2D eigenvalue weighted by atomic mass is 9.98. The highest BCUT2D eigenvalue weighted by molar-refractivity contribution is 6.30. The maximum Gasteiger partial charge on any atom is 0.145 e. The minimum atomic E-state index is -0.378. The Labute approximate surface area is 117 Å². The molecule has 0 fully saturated rings. The molecule has 0 saturated heterocycles. The zero-order chi connectivity index (χ0) is 13.8. The first-order chi connectivity index (χ1) is 9.11. The Morgan fingerprint density at radius 1 is 1.26 bits per heavy atom. The first kappa shape index (κ1) is 14.0. The Kier molecular flexibility index (Phi) is 4.53. The average Bonchev–Trinajstić information content (AvgIpc) is 2.40. The third kappa shape index (κ3) is 3.32. The second-order valence-electron chi connectivity index (χ2n) is 4.55. The number of nitrogens with two attached hydrogens (primary N) is 1. The van der Waals surface area contributed by atoms with Gasteiger partial charge in [0.1, 0.15) is 5.82 Å². The second kappa shape index (κ2) is 6.15. The van der Waals surface area contributed by atoms with Crippen LogP contribution in [-0.4, -0.2) is 0 Å². The standard InChI is InChI=1S/C15H16ClFN2/c1-10-4-2-5-11(8-10)14(19-18)9-12-6-3-7-13(16)15(12)17/h2-8,14,19H,9,18H2,1H3. The molecule has 2 rings (SSSR count). The Balaban J connectivity index is 2.26. The second-order valence-corrected chi connectivity index (χ2v) is 4.96. The summed E-state index contributed by atoms with van der Waals surface area (Å²) in [7, 11) is 0. The molecule has 2 nitrogen and oxygen atoms in total. The fourth-order valence-electron chi connectivity index (χ4n) is 2.09. The van der Waals surface area contributed by atoms with Gasteiger partial charge < -0.3 is 0 Å². The molecule has 0 aliphatic rings. The number of halogens is 2. The zero-order valence-electron chi connectivity index (χ0n) is 10.7. The third-order valence-corrected chi connectivity index (χ3v) is 3.39. The van der Waals surface area contributed by atoms with Crippen molar-refractivity contribution in [2.75, 3.05) is 0 Å². The molecule has 0 spiro atoms. The zero-order valence-corrected chi connectivity index (χ0v) is 11.4. The Bertz CT molecular complexity index is 572. The molecule has 4 heteroatoms. The molecule has 0 aromatic heterocycles. The predicted octanol–water partition coefficient (Wildman–Crippen LogP) is 3.53. The number of hydrogen-bond donors (Lipinski definition) is 2. The Hall–Kier alpha value is -1.42. The van der Waals surface area contributed by atoms with Crippen LogP contribution in [-0.2, 0) is 6.42 Å². The maximum absolute atomic E-state index is 13.9. The molecule has 2 aromatic rings. The summed E-state index contributed by atoms with van der Waals surface area (Å²) in [4.78, 5) is 0. The molecule has 19 heavy (non-hydrogen) atoms. The van der Waals surface area contributed by atoms with Gasteiger partial charge in [0, 0.05) is 0 Å². The van der Waals surface area contributed by atoms with Gasteiger partial charge in [-0.1, -0.05) is 53.6 Å². The lowest BCUT2D eigenvalue weighted by Crippen LogP contribution is -2.29. The molecule has 3 N–H and O–H groups in total. The van der Waals surface area contributed by atoms with Gasteiger partial charge in [-0.05, 0) is 30.5 Å². The summed E-state index contributed by atoms with van der Waals surface area (Å²) in [6, 6.07) is 12.8. The Morgan fingerprint density at radius 2 is 2.00 bits per heavy atom. The summed E-state index contributed by atoms with van der Waals surface area (Å²) >= 11 is 5.79. The van der Waals surface area contributed by atoms with E-state index < -0.39 is 0 Å². The third-order valence-electron chi connectivity index (χ3n) is 3.10. The number of hydrazine groups is 1. The van der Waals surface area contributed by atoms with Crippen molar-refractivity contribution in [1.29, 1.82) is 0 Å². The minimum Gasteiger partial charge on any atom is -0.271 e. The molecule has 1 atom stereocenters. The van der Waals surface area contributed by atoms with Gasteiger partial charge in [0.25, 0.3) is 0 Å². The van der Waals surface area contributed by atoms with Crippen molar-refractivity contribution in [1.82, 2.24) is 5.43 Å². The van der Waals surface area contributed by atoms with E-state index in [1.54, 1.807) is 12.1 Å². The first-order valence-corrected chi connectivity index (χ1v) is 6.45. The van der Waals surface area contributed by atoms with Crippen LogP contribution in [0.25, 0.3) is 0 Å². The molecule has 0 radical (unpaired) electrons. The molecule has 0 aliphatic carbocycles. The van der Waals surface area contributed by atoms with E-state index in [1.807, 2.05) is 31.2 Å². The van der Waals surface area contributed by atoms with E-state index in [1.165, 1.54) is 6.07 Å². The minimum absolute atomic E-state index is 0.137. The average molecular weight is 279 g/mol. The molecular weight excluding hydrogens is 263 g/mol. The monoisotopic (exact) mass is 278 g/mol. The number of aryl methyl sites for hydroxylation is 1. The van der Waals surface area contributed by atoms with Gasteiger partial charge in [-0.3, -0.25) is 11.3 Å². The van der Waals surface area contributed by atoms with Crippen LogP contribution in [0, 0.1) is 12.7 Å². The van der Waals surface area contributed by atoms with Crippen molar-refractivity contribution in [3.05, 3.63) is 70.0 Å². The number of rotatable bonds is 4. The van der Waals surface area contributed by atoms with E-state index in [-0.39, 0.29) is 16.9 Å². The van der Waals surface area contributed by atoms with Crippen molar-refractivity contribution < 1.29 is 4.39 Å². The van der Waals surface area contributed by atoms with Crippen LogP contribution in [0.15, 0.2) is 42.5 Å². The highest BCUT2D eigenvalue weighted by Gasteiger charge is 2.14. The highest BCUT2D eigenvalue weighted by atomic mass is 35.5. The van der Waals surface area contributed by atoms with Gasteiger partial charge in [0.05, 0.1) is 11.1 Å². The number of benzene rings is 2. The summed E-state index contributed by atoms with van der Waals surface area (Å²) in [6.07, 6.45) is 0.451. The van der Waals surface area contributed by atoms with Gasteiger partial charge >= 0.3 is 0 Å². The predicted molar refractivity (Wildman–Crippen MR) is 76.4 cm³/mol. The molecule has 0 saturated carbocycles. The summed E-state index contributed by atoms with van der Waals surface area (Å²) in [5, 5.41) is 0.137. The van der Waals surface area contributed by atoms with Crippen LogP contribution in [0.4, 0.5) is 4.39 Å². The van der Waals surface area contributed by atoms with E-state index in [0.29, 0.717) is 12.0 Å². The van der Waals surface area contributed by atoms with Crippen LogP contribution in [0.1, 0.15) is 22.7 Å². The molecule has 0 amide bonds. The SMILES string of the molecule is Cc1cccc(C(Cc2cccc(Cl)c2F)NN)c1. The van der Waals surface area contributed by atoms with Crippen LogP contribution in [0.5, 0.6) is 0 Å². The van der Waals surface area contributed by atoms with E-state index in [0.717, 1.165) is 11.1 Å². The molecular formula is C15H16ClFN2. The molecule has 2 aromatic carbocycles. The summed E-state index contributed by atoms with van der Waals surface area (Å²) in [5.41, 5.74) is 5.46. The number of nitrogens with one attached hydrogen (secondary N) is 1. The lowest BCUT2D eigenvalue weighted by molar-refractivity contribution is 0.529. The lowest BCUT2D eigenvalue weighted by Gasteiger charge is -2.17. The molecule has 1 unspecified atom stereocenters. The van der Waals surface area contributed by atoms with Gasteiger partial charge in [0.2, 0.25) is 0 Å². The summed E-state index contributed by atoms with van der Waals surface area (Å²) in [5.74, 6) is 5.21. The van der Waals surface area contributed by atoms with Crippen molar-refractivity contribution in [3.63, 3.8) is 0 Å². The van der Waals surface area contributed by atoms with Crippen LogP contribution >= 0.6 is 11.6 Å². The summed E-state index contributed by atoms with van der Waals surface area (Å²) in [6.45, 7) is 2.01. The van der Waals surface area contributed by atoms with Gasteiger partial charge in [-0.2, -0.15) is 0 Å². The van der Waals surface area contributed by atoms with Crippen LogP contribution < -0.4 is 11.3 Å². The maximum atomic E-state index is 13.9. The quantitative estimate of drug-likeness (QED) is 0.663. The van der Waals surface area contributed by atoms with Crippen LogP contribution in [0.2, 0.25) is 5.02 Å². The van der Waals surface area contributed by atoms with Crippen molar-refractivity contribution >= 4 is 11.6 Å². The van der Waals surface area contributed by atoms with Crippen molar-refractivity contribution in [3.8, 4) is 0 Å². The summed E-state index contributed by atoms with van der Waals surface area (Å²) < 4.78 is 13.9. The van der Waals surface area contributed by atoms with E-state index in [4.69, 9.17) is 17.4 Å². The fraction of sp³-hybridized carbons (Fsp3) is 0.200. The molecule has 0 bridgehead atoms. The van der Waals surface area contributed by atoms with Crippen molar-refractivity contribution in [2.45, 2.75) is 19.4 Å². The highest BCUT2D eigenvalue weighted by Crippen LogP contribution is 2.24. The van der Waals surface area contributed by atoms with Gasteiger partial charge in [-0.25, -0.2) is 4.39 Å². The first-order valence-electron chi connectivity index (χ1n) is 6.07. The topological polar surface area (TPSA) is 38.0 Å². The molecule has 0 aliphatic heterocycles. The normalized spacial score (nSPS) is 12.4. The smallest absolute Gasteiger partial charge is 0.145 e. The molecule has 100 valence electrons. The van der Waals surface area contributed by atoms with E-state index in [2.05, 4.69) is 5.43 Å². The van der Waals surface area contributed by atoms with Gasteiger partial charge in [0.15, 0.2) is 0 Å². The fourth-order valence-corrected chi connectivity index (χ4v) is 2.28. The van der Waals surface area contributed by atoms with E-state index >= 15 is 0 Å². The van der Waals surface area contributed by atoms with E-state index in [9.17, 15) is 4.39 Å². The number of hydrogen-bond acceptors (Lipinski definition) is 2. The molecule has 0 heterocycles. The van der Waals surface area contributed by atoms with Crippen LogP contribution in [0.3, 0.4) is 0 Å². The van der Waals surface area contributed by atoms with Gasteiger partial charge in [-0.15, -0.1) is 0 Å². The van der Waals surface area contributed by atoms with Crippen molar-refractivity contribution in [2.24, 2.45) is 5.84 Å². The largest absolute Gasteiger partial charge is 0.271 e. The Morgan fingerprint density at radius 3 is 2.68 bits per heavy atom.